The number of hydrogen-bond acceptors (Lipinski definition) is 6. The van der Waals surface area contributed by atoms with Gasteiger partial charge in [-0.25, -0.2) is 4.79 Å². The number of alkyl carbamates (subject to hydrolysis) is 1. The van der Waals surface area contributed by atoms with Crippen LogP contribution in [-0.2, 0) is 33.2 Å². The van der Waals surface area contributed by atoms with Crippen LogP contribution in [-0.4, -0.2) is 65.0 Å². The number of ether oxygens (including phenoxy) is 1. The van der Waals surface area contributed by atoms with E-state index in [9.17, 15) is 22.8 Å². The molecule has 0 saturated carbocycles. The number of rotatable bonds is 6. The van der Waals surface area contributed by atoms with Gasteiger partial charge in [0, 0.05) is 19.5 Å². The molecule has 2 atom stereocenters. The second-order valence-electron chi connectivity index (χ2n) is 10.8. The molecule has 1 aliphatic rings. The summed E-state index contributed by atoms with van der Waals surface area (Å²) in [5.74, 6) is -1.32. The maximum absolute atomic E-state index is 13.2. The average Bonchev–Trinajstić information content (AvgIpc) is 3.06. The van der Waals surface area contributed by atoms with Crippen molar-refractivity contribution in [1.29, 1.82) is 0 Å². The lowest BCUT2D eigenvalue weighted by Crippen LogP contribution is -2.54. The smallest absolute Gasteiger partial charge is 0.444 e. The van der Waals surface area contributed by atoms with Crippen LogP contribution in [0.3, 0.4) is 0 Å². The summed E-state index contributed by atoms with van der Waals surface area (Å²) in [7, 11) is -1.55. The molecule has 1 aromatic heterocycles. The summed E-state index contributed by atoms with van der Waals surface area (Å²) < 4.78 is 52.0. The lowest BCUT2D eigenvalue weighted by atomic mass is 9.83. The largest absolute Gasteiger partial charge is 0.451 e. The molecule has 0 saturated heterocycles. The number of amides is 2. The van der Waals surface area contributed by atoms with Gasteiger partial charge in [-0.05, 0) is 39.3 Å². The molecule has 0 radical (unpaired) electrons. The van der Waals surface area contributed by atoms with E-state index >= 15 is 0 Å². The monoisotopic (exact) mass is 507 g/mol. The topological polar surface area (TPSA) is 98.6 Å². The third-order valence-electron chi connectivity index (χ3n) is 5.09. The number of nitrogens with one attached hydrogen (secondary N) is 1. The Morgan fingerprint density at radius 2 is 1.71 bits per heavy atom. The standard InChI is InChI=1S/C21H36F3N5O4Si/c1-19(2,3)16(33-34(7)8)13(25-18(31)32-20(4,5)6)11-15(30)28-9-10-29-14(12-28)26-27-17(29)21(22,23)24/h13,16,34H,9-12H2,1-8H3,(H,25,31). The second kappa shape index (κ2) is 10.2. The van der Waals surface area contributed by atoms with E-state index in [1.54, 1.807) is 20.8 Å². The number of hydrogen-bond donors (Lipinski definition) is 1. The molecular formula is C21H36F3N5O4Si. The SMILES string of the molecule is C[SiH](C)OC(C(CC(=O)N1CCn2c(nnc2C(F)(F)F)C1)NC(=O)OC(C)(C)C)C(C)(C)C. The van der Waals surface area contributed by atoms with E-state index in [1.807, 2.05) is 33.9 Å². The highest BCUT2D eigenvalue weighted by atomic mass is 28.3. The zero-order chi connectivity index (χ0) is 26.1. The van der Waals surface area contributed by atoms with E-state index in [4.69, 9.17) is 9.16 Å². The van der Waals surface area contributed by atoms with Crippen LogP contribution in [0.15, 0.2) is 0 Å². The first-order valence-electron chi connectivity index (χ1n) is 11.3. The lowest BCUT2D eigenvalue weighted by molar-refractivity contribution is -0.148. The minimum Gasteiger partial charge on any atom is -0.444 e. The minimum absolute atomic E-state index is 0.0643. The van der Waals surface area contributed by atoms with Crippen molar-refractivity contribution in [2.24, 2.45) is 5.41 Å². The fourth-order valence-corrected chi connectivity index (χ4v) is 4.97. The summed E-state index contributed by atoms with van der Waals surface area (Å²) in [6, 6.07) is -0.692. The van der Waals surface area contributed by atoms with E-state index in [0.717, 1.165) is 4.57 Å². The van der Waals surface area contributed by atoms with Crippen LogP contribution < -0.4 is 5.32 Å². The molecule has 194 valence electrons. The highest BCUT2D eigenvalue weighted by Crippen LogP contribution is 2.31. The highest BCUT2D eigenvalue weighted by molar-refractivity contribution is 6.48. The summed E-state index contributed by atoms with van der Waals surface area (Å²) in [6.07, 6.45) is -5.84. The molecule has 0 aromatic carbocycles. The Balaban J connectivity index is 2.23. The average molecular weight is 508 g/mol. The third-order valence-corrected chi connectivity index (χ3v) is 5.93. The number of halogens is 3. The highest BCUT2D eigenvalue weighted by Gasteiger charge is 2.41. The lowest BCUT2D eigenvalue weighted by Gasteiger charge is -2.39. The molecule has 2 unspecified atom stereocenters. The van der Waals surface area contributed by atoms with Crippen LogP contribution >= 0.6 is 0 Å². The van der Waals surface area contributed by atoms with Crippen LogP contribution in [0.4, 0.5) is 18.0 Å². The summed E-state index contributed by atoms with van der Waals surface area (Å²) in [4.78, 5) is 27.2. The van der Waals surface area contributed by atoms with Gasteiger partial charge < -0.3 is 23.9 Å². The van der Waals surface area contributed by atoms with Crippen molar-refractivity contribution in [3.63, 3.8) is 0 Å². The van der Waals surface area contributed by atoms with Gasteiger partial charge in [0.05, 0.1) is 18.7 Å². The molecule has 2 heterocycles. The van der Waals surface area contributed by atoms with Gasteiger partial charge in [-0.1, -0.05) is 20.8 Å². The van der Waals surface area contributed by atoms with Gasteiger partial charge in [-0.3, -0.25) is 4.79 Å². The normalized spacial score (nSPS) is 16.8. The second-order valence-corrected chi connectivity index (χ2v) is 13.2. The minimum atomic E-state index is -4.61. The number of nitrogens with zero attached hydrogens (tertiary/aromatic N) is 4. The van der Waals surface area contributed by atoms with E-state index < -0.39 is 50.3 Å². The number of aromatic nitrogens is 3. The summed E-state index contributed by atoms with van der Waals surface area (Å²) in [5, 5.41) is 9.68. The number of carbonyl (C=O) groups excluding carboxylic acids is 2. The van der Waals surface area contributed by atoms with Crippen molar-refractivity contribution in [2.75, 3.05) is 6.54 Å². The summed E-state index contributed by atoms with van der Waals surface area (Å²) in [5.41, 5.74) is -1.13. The van der Waals surface area contributed by atoms with Crippen molar-refractivity contribution in [1.82, 2.24) is 25.0 Å². The van der Waals surface area contributed by atoms with Gasteiger partial charge in [0.15, 0.2) is 14.9 Å². The first-order chi connectivity index (χ1) is 15.4. The Labute approximate surface area is 200 Å². The Morgan fingerprint density at radius 3 is 2.21 bits per heavy atom. The van der Waals surface area contributed by atoms with Gasteiger partial charge >= 0.3 is 12.3 Å². The van der Waals surface area contributed by atoms with E-state index in [-0.39, 0.29) is 37.8 Å². The molecule has 0 bridgehead atoms. The van der Waals surface area contributed by atoms with Gasteiger partial charge in [0.1, 0.15) is 5.60 Å². The fourth-order valence-electron chi connectivity index (χ4n) is 3.79. The number of alkyl halides is 3. The van der Waals surface area contributed by atoms with Crippen LogP contribution in [0.25, 0.3) is 0 Å². The molecule has 13 heteroatoms. The molecule has 2 amide bonds. The van der Waals surface area contributed by atoms with Crippen LogP contribution in [0.1, 0.15) is 59.6 Å². The van der Waals surface area contributed by atoms with E-state index in [2.05, 4.69) is 15.5 Å². The number of fused-ring (bicyclic) bond motifs is 1. The fraction of sp³-hybridized carbons (Fsp3) is 0.810. The summed E-state index contributed by atoms with van der Waals surface area (Å²) in [6.45, 7) is 15.0. The first kappa shape index (κ1) is 28.1. The van der Waals surface area contributed by atoms with Crippen molar-refractivity contribution >= 4 is 21.0 Å². The molecule has 1 aliphatic heterocycles. The van der Waals surface area contributed by atoms with Crippen molar-refractivity contribution in [2.45, 2.75) is 98.1 Å². The van der Waals surface area contributed by atoms with Crippen LogP contribution in [0.2, 0.25) is 13.1 Å². The zero-order valence-electron chi connectivity index (χ0n) is 21.1. The van der Waals surface area contributed by atoms with Gasteiger partial charge in [0.25, 0.3) is 0 Å². The Kier molecular flexibility index (Phi) is 8.44. The van der Waals surface area contributed by atoms with E-state index in [0.29, 0.717) is 0 Å². The Hall–Kier alpha value is -2.15. The molecule has 9 nitrogen and oxygen atoms in total. The molecule has 2 rings (SSSR count). The van der Waals surface area contributed by atoms with E-state index in [1.165, 1.54) is 4.90 Å². The predicted molar refractivity (Wildman–Crippen MR) is 121 cm³/mol. The molecule has 34 heavy (non-hydrogen) atoms. The molecule has 0 aliphatic carbocycles. The van der Waals surface area contributed by atoms with Crippen molar-refractivity contribution < 1.29 is 31.9 Å². The maximum atomic E-state index is 13.2. The predicted octanol–water partition coefficient (Wildman–Crippen LogP) is 3.34. The van der Waals surface area contributed by atoms with Gasteiger partial charge in [-0.15, -0.1) is 10.2 Å². The zero-order valence-corrected chi connectivity index (χ0v) is 22.3. The first-order valence-corrected chi connectivity index (χ1v) is 14.1. The quantitative estimate of drug-likeness (QED) is 0.593. The molecule has 1 N–H and O–H groups in total. The Bertz CT molecular complexity index is 877. The van der Waals surface area contributed by atoms with Crippen molar-refractivity contribution in [3.05, 3.63) is 11.6 Å². The maximum Gasteiger partial charge on any atom is 0.451 e. The molecule has 1 aromatic rings. The molecule has 0 spiro atoms. The molecule has 0 fully saturated rings. The van der Waals surface area contributed by atoms with Crippen molar-refractivity contribution in [3.8, 4) is 0 Å². The van der Waals surface area contributed by atoms with Crippen LogP contribution in [0.5, 0.6) is 0 Å². The number of carbonyl (C=O) groups is 2. The van der Waals surface area contributed by atoms with Gasteiger partial charge in [0.2, 0.25) is 11.7 Å². The van der Waals surface area contributed by atoms with Crippen LogP contribution in [0, 0.1) is 5.41 Å². The summed E-state index contributed by atoms with van der Waals surface area (Å²) >= 11 is 0. The van der Waals surface area contributed by atoms with Gasteiger partial charge in [-0.2, -0.15) is 13.2 Å². The molecular weight excluding hydrogens is 471 g/mol. The third kappa shape index (κ3) is 7.69. The Morgan fingerprint density at radius 1 is 1.09 bits per heavy atom.